The molecule has 0 bridgehead atoms. The summed E-state index contributed by atoms with van der Waals surface area (Å²) >= 11 is 0. The minimum Gasteiger partial charge on any atom is -0.469 e. The van der Waals surface area contributed by atoms with Crippen LogP contribution in [-0.2, 0) is 20.7 Å². The van der Waals surface area contributed by atoms with Crippen molar-refractivity contribution in [3.8, 4) is 0 Å². The Morgan fingerprint density at radius 2 is 1.95 bits per heavy atom. The van der Waals surface area contributed by atoms with Crippen molar-refractivity contribution < 1.29 is 14.3 Å². The van der Waals surface area contributed by atoms with Crippen molar-refractivity contribution in [2.75, 3.05) is 7.11 Å². The molecule has 0 aromatic heterocycles. The Balaban J connectivity index is 1.94. The third-order valence-electron chi connectivity index (χ3n) is 3.02. The molecule has 1 aliphatic heterocycles. The van der Waals surface area contributed by atoms with Gasteiger partial charge in [0.2, 0.25) is 0 Å². The van der Waals surface area contributed by atoms with E-state index in [9.17, 15) is 9.59 Å². The number of nitrogens with zero attached hydrogens (tertiary/aromatic N) is 2. The van der Waals surface area contributed by atoms with E-state index in [-0.39, 0.29) is 24.3 Å². The molecule has 1 aromatic rings. The van der Waals surface area contributed by atoms with Crippen LogP contribution in [0.3, 0.4) is 0 Å². The van der Waals surface area contributed by atoms with Crippen molar-refractivity contribution in [1.82, 2.24) is 0 Å². The molecule has 5 nitrogen and oxygen atoms in total. The standard InChI is InChI=1S/C14H16N2O3/c1-19-14(18)11(7-10-5-3-2-4-6-10)8-12(17)9-13-15-16-13/h2-6,11,13H,7-9H2,1H3/t11-/m1/s1. The van der Waals surface area contributed by atoms with Gasteiger partial charge in [-0.05, 0) is 12.0 Å². The molecule has 1 aromatic carbocycles. The van der Waals surface area contributed by atoms with Gasteiger partial charge in [-0.3, -0.25) is 9.59 Å². The predicted octanol–water partition coefficient (Wildman–Crippen LogP) is 2.16. The maximum Gasteiger partial charge on any atom is 0.309 e. The van der Waals surface area contributed by atoms with Crippen molar-refractivity contribution in [2.24, 2.45) is 16.1 Å². The molecular formula is C14H16N2O3. The van der Waals surface area contributed by atoms with Crippen LogP contribution in [0.5, 0.6) is 0 Å². The molecule has 0 saturated carbocycles. The largest absolute Gasteiger partial charge is 0.469 e. The SMILES string of the molecule is COC(=O)[C@@H](CC(=O)CC1N=N1)Cc1ccccc1. The topological polar surface area (TPSA) is 68.1 Å². The number of methoxy groups -OCH3 is 1. The summed E-state index contributed by atoms with van der Waals surface area (Å²) in [5.41, 5.74) is 1.02. The molecule has 1 aliphatic rings. The monoisotopic (exact) mass is 260 g/mol. The van der Waals surface area contributed by atoms with Gasteiger partial charge in [-0.25, -0.2) is 0 Å². The molecule has 0 radical (unpaired) electrons. The molecule has 2 rings (SSSR count). The van der Waals surface area contributed by atoms with E-state index in [1.54, 1.807) is 0 Å². The fourth-order valence-corrected chi connectivity index (χ4v) is 1.99. The average Bonchev–Trinajstić information content (AvgIpc) is 3.22. The Hall–Kier alpha value is -2.04. The number of carbonyl (C=O) groups is 2. The second kappa shape index (κ2) is 6.22. The molecule has 0 fully saturated rings. The third-order valence-corrected chi connectivity index (χ3v) is 3.02. The zero-order valence-corrected chi connectivity index (χ0v) is 10.8. The van der Waals surface area contributed by atoms with E-state index in [0.29, 0.717) is 12.8 Å². The van der Waals surface area contributed by atoms with Gasteiger partial charge in [-0.15, -0.1) is 0 Å². The van der Waals surface area contributed by atoms with Crippen LogP contribution in [0.25, 0.3) is 0 Å². The van der Waals surface area contributed by atoms with Gasteiger partial charge in [0.1, 0.15) is 5.78 Å². The Morgan fingerprint density at radius 1 is 1.26 bits per heavy atom. The highest BCUT2D eigenvalue weighted by Gasteiger charge is 2.26. The molecule has 0 saturated heterocycles. The average molecular weight is 260 g/mol. The molecule has 0 spiro atoms. The molecule has 19 heavy (non-hydrogen) atoms. The summed E-state index contributed by atoms with van der Waals surface area (Å²) in [6.45, 7) is 0. The van der Waals surface area contributed by atoms with Crippen LogP contribution in [0.4, 0.5) is 0 Å². The van der Waals surface area contributed by atoms with Crippen LogP contribution >= 0.6 is 0 Å². The number of hydrogen-bond acceptors (Lipinski definition) is 5. The number of rotatable bonds is 7. The van der Waals surface area contributed by atoms with Crippen molar-refractivity contribution in [1.29, 1.82) is 0 Å². The highest BCUT2D eigenvalue weighted by Crippen LogP contribution is 2.20. The minimum atomic E-state index is -0.432. The van der Waals surface area contributed by atoms with E-state index in [2.05, 4.69) is 10.2 Å². The molecule has 5 heteroatoms. The maximum atomic E-state index is 11.8. The molecular weight excluding hydrogens is 244 g/mol. The summed E-state index contributed by atoms with van der Waals surface area (Å²) in [5, 5.41) is 7.37. The number of carbonyl (C=O) groups excluding carboxylic acids is 2. The van der Waals surface area contributed by atoms with E-state index >= 15 is 0 Å². The summed E-state index contributed by atoms with van der Waals surface area (Å²) < 4.78 is 4.77. The van der Waals surface area contributed by atoms with Gasteiger partial charge in [0, 0.05) is 6.42 Å². The van der Waals surface area contributed by atoms with Gasteiger partial charge in [0.05, 0.1) is 19.4 Å². The van der Waals surface area contributed by atoms with E-state index < -0.39 is 5.92 Å². The first-order chi connectivity index (χ1) is 9.19. The Bertz CT molecular complexity index is 479. The van der Waals surface area contributed by atoms with Crippen LogP contribution < -0.4 is 0 Å². The summed E-state index contributed by atoms with van der Waals surface area (Å²) in [6.07, 6.45) is 0.811. The van der Waals surface area contributed by atoms with Crippen molar-refractivity contribution in [3.05, 3.63) is 35.9 Å². The van der Waals surface area contributed by atoms with Crippen LogP contribution in [-0.4, -0.2) is 25.0 Å². The smallest absolute Gasteiger partial charge is 0.309 e. The lowest BCUT2D eigenvalue weighted by Crippen LogP contribution is -2.22. The summed E-state index contributed by atoms with van der Waals surface area (Å²) in [6, 6.07) is 9.61. The van der Waals surface area contributed by atoms with E-state index in [4.69, 9.17) is 4.74 Å². The first kappa shape index (κ1) is 13.4. The Labute approximate surface area is 111 Å². The van der Waals surface area contributed by atoms with Gasteiger partial charge in [0.15, 0.2) is 6.17 Å². The lowest BCUT2D eigenvalue weighted by molar-refractivity contribution is -0.147. The zero-order chi connectivity index (χ0) is 13.7. The lowest BCUT2D eigenvalue weighted by Gasteiger charge is -2.13. The number of ether oxygens (including phenoxy) is 1. The minimum absolute atomic E-state index is 0.00123. The summed E-state index contributed by atoms with van der Waals surface area (Å²) in [7, 11) is 1.34. The number of ketones is 1. The van der Waals surface area contributed by atoms with Gasteiger partial charge < -0.3 is 4.74 Å². The van der Waals surface area contributed by atoms with Crippen LogP contribution in [0.2, 0.25) is 0 Å². The van der Waals surface area contributed by atoms with E-state index in [1.807, 2.05) is 30.3 Å². The fraction of sp³-hybridized carbons (Fsp3) is 0.429. The second-order valence-corrected chi connectivity index (χ2v) is 4.57. The predicted molar refractivity (Wildman–Crippen MR) is 68.5 cm³/mol. The van der Waals surface area contributed by atoms with Crippen molar-refractivity contribution in [3.63, 3.8) is 0 Å². The van der Waals surface area contributed by atoms with Gasteiger partial charge in [-0.2, -0.15) is 10.2 Å². The summed E-state index contributed by atoms with van der Waals surface area (Å²) in [4.78, 5) is 23.5. The third kappa shape index (κ3) is 4.28. The summed E-state index contributed by atoms with van der Waals surface area (Å²) in [5.74, 6) is -0.776. The number of esters is 1. The Morgan fingerprint density at radius 3 is 2.53 bits per heavy atom. The van der Waals surface area contributed by atoms with Gasteiger partial charge in [0.25, 0.3) is 0 Å². The highest BCUT2D eigenvalue weighted by atomic mass is 16.5. The first-order valence-electron chi connectivity index (χ1n) is 6.22. The van der Waals surface area contributed by atoms with Crippen LogP contribution in [0, 0.1) is 5.92 Å². The zero-order valence-electron chi connectivity index (χ0n) is 10.8. The first-order valence-corrected chi connectivity index (χ1v) is 6.22. The molecule has 100 valence electrons. The van der Waals surface area contributed by atoms with Gasteiger partial charge >= 0.3 is 5.97 Å². The molecule has 1 atom stereocenters. The van der Waals surface area contributed by atoms with Crippen LogP contribution in [0.15, 0.2) is 40.6 Å². The van der Waals surface area contributed by atoms with Gasteiger partial charge in [-0.1, -0.05) is 30.3 Å². The number of Topliss-reactive ketones (excluding diaryl/α,β-unsaturated/α-hetero) is 1. The number of hydrogen-bond donors (Lipinski definition) is 0. The molecule has 1 heterocycles. The molecule has 0 aliphatic carbocycles. The van der Waals surface area contributed by atoms with Crippen LogP contribution in [0.1, 0.15) is 18.4 Å². The van der Waals surface area contributed by atoms with Crippen molar-refractivity contribution in [2.45, 2.75) is 25.4 Å². The van der Waals surface area contributed by atoms with Crippen molar-refractivity contribution >= 4 is 11.8 Å². The molecule has 0 unspecified atom stereocenters. The maximum absolute atomic E-state index is 11.8. The van der Waals surface area contributed by atoms with E-state index in [1.165, 1.54) is 7.11 Å². The highest BCUT2D eigenvalue weighted by molar-refractivity contribution is 5.85. The lowest BCUT2D eigenvalue weighted by atomic mass is 9.93. The fourth-order valence-electron chi connectivity index (χ4n) is 1.99. The normalized spacial score (nSPS) is 15.0. The molecule has 0 amide bonds. The second-order valence-electron chi connectivity index (χ2n) is 4.57. The van der Waals surface area contributed by atoms with E-state index in [0.717, 1.165) is 5.56 Å². The Kier molecular flexibility index (Phi) is 4.39. The molecule has 0 N–H and O–H groups in total. The number of benzene rings is 1. The quantitative estimate of drug-likeness (QED) is 0.705.